The lowest BCUT2D eigenvalue weighted by atomic mass is 10.1. The van der Waals surface area contributed by atoms with E-state index in [4.69, 9.17) is 5.26 Å². The van der Waals surface area contributed by atoms with Gasteiger partial charge in [0.2, 0.25) is 0 Å². The predicted octanol–water partition coefficient (Wildman–Crippen LogP) is 2.03. The van der Waals surface area contributed by atoms with E-state index >= 15 is 0 Å². The van der Waals surface area contributed by atoms with Gasteiger partial charge in [0, 0.05) is 31.4 Å². The molecule has 1 unspecified atom stereocenters. The zero-order valence-electron chi connectivity index (χ0n) is 10.6. The second-order valence-electron chi connectivity index (χ2n) is 4.78. The van der Waals surface area contributed by atoms with Crippen molar-refractivity contribution in [3.63, 3.8) is 0 Å². The minimum atomic E-state index is 0.357. The molecule has 2 rings (SSSR count). The number of hydrogen-bond acceptors (Lipinski definition) is 3. The van der Waals surface area contributed by atoms with Crippen LogP contribution in [0.25, 0.3) is 0 Å². The lowest BCUT2D eigenvalue weighted by Gasteiger charge is -2.39. The van der Waals surface area contributed by atoms with Gasteiger partial charge >= 0.3 is 0 Å². The van der Waals surface area contributed by atoms with Crippen molar-refractivity contribution in [2.24, 2.45) is 0 Å². The van der Waals surface area contributed by atoms with Gasteiger partial charge in [0.1, 0.15) is 0 Å². The Morgan fingerprint density at radius 1 is 1.29 bits per heavy atom. The summed E-state index contributed by atoms with van der Waals surface area (Å²) < 4.78 is 0. The van der Waals surface area contributed by atoms with Gasteiger partial charge in [-0.15, -0.1) is 0 Å². The van der Waals surface area contributed by atoms with E-state index in [1.807, 2.05) is 0 Å². The molecule has 1 saturated heterocycles. The molecule has 1 aromatic rings. The van der Waals surface area contributed by atoms with E-state index < -0.39 is 0 Å². The van der Waals surface area contributed by atoms with Crippen molar-refractivity contribution in [3.05, 3.63) is 29.8 Å². The van der Waals surface area contributed by atoms with Crippen LogP contribution in [-0.4, -0.2) is 37.6 Å². The number of nitrogens with zero attached hydrogens (tertiary/aromatic N) is 3. The molecule has 0 saturated carbocycles. The molecule has 1 aliphatic heterocycles. The van der Waals surface area contributed by atoms with E-state index in [9.17, 15) is 0 Å². The number of likely N-dealkylation sites (N-methyl/N-ethyl adjacent to an activating group) is 1. The summed E-state index contributed by atoms with van der Waals surface area (Å²) >= 11 is 0. The van der Waals surface area contributed by atoms with Gasteiger partial charge in [0.25, 0.3) is 0 Å². The smallest absolute Gasteiger partial charge is 0.0638 e. The fraction of sp³-hybridized carbons (Fsp3) is 0.500. The van der Waals surface area contributed by atoms with Crippen molar-refractivity contribution in [1.29, 1.82) is 5.26 Å². The summed E-state index contributed by atoms with van der Waals surface area (Å²) in [5.41, 5.74) is 2.56. The van der Waals surface area contributed by atoms with Crippen LogP contribution in [0.5, 0.6) is 0 Å². The maximum Gasteiger partial charge on any atom is 0.0638 e. The minimum absolute atomic E-state index is 0.357. The zero-order valence-corrected chi connectivity index (χ0v) is 10.6. The molecular formula is C14H19N3. The van der Waals surface area contributed by atoms with E-state index in [2.05, 4.69) is 54.1 Å². The topological polar surface area (TPSA) is 30.3 Å². The highest BCUT2D eigenvalue weighted by Crippen LogP contribution is 2.20. The van der Waals surface area contributed by atoms with Gasteiger partial charge in [0.05, 0.1) is 12.5 Å². The first-order chi connectivity index (χ1) is 8.20. The Balaban J connectivity index is 2.08. The number of rotatable bonds is 2. The monoisotopic (exact) mass is 229 g/mol. The molecule has 90 valence electrons. The maximum absolute atomic E-state index is 8.83. The predicted molar refractivity (Wildman–Crippen MR) is 70.0 cm³/mol. The summed E-state index contributed by atoms with van der Waals surface area (Å²) in [7, 11) is 2.11. The SMILES string of the molecule is Cc1ccc(N2CCN(C)C(CC#N)C2)cc1. The number of benzene rings is 1. The highest BCUT2D eigenvalue weighted by Gasteiger charge is 2.23. The minimum Gasteiger partial charge on any atom is -0.369 e. The van der Waals surface area contributed by atoms with Crippen molar-refractivity contribution in [1.82, 2.24) is 4.90 Å². The Labute approximate surface area is 103 Å². The first kappa shape index (κ1) is 11.9. The second kappa shape index (κ2) is 5.20. The molecule has 0 spiro atoms. The first-order valence-electron chi connectivity index (χ1n) is 6.09. The fourth-order valence-corrected chi connectivity index (χ4v) is 2.26. The second-order valence-corrected chi connectivity index (χ2v) is 4.78. The van der Waals surface area contributed by atoms with E-state index in [-0.39, 0.29) is 0 Å². The summed E-state index contributed by atoms with van der Waals surface area (Å²) in [6.07, 6.45) is 0.610. The summed E-state index contributed by atoms with van der Waals surface area (Å²) in [5.74, 6) is 0. The molecule has 1 atom stereocenters. The molecule has 1 fully saturated rings. The zero-order chi connectivity index (χ0) is 12.3. The summed E-state index contributed by atoms with van der Waals surface area (Å²) in [6.45, 7) is 5.13. The number of nitriles is 1. The van der Waals surface area contributed by atoms with Gasteiger partial charge in [-0.05, 0) is 26.1 Å². The molecule has 3 heteroatoms. The molecule has 3 nitrogen and oxygen atoms in total. The van der Waals surface area contributed by atoms with Crippen LogP contribution in [0.2, 0.25) is 0 Å². The molecule has 1 aliphatic rings. The molecule has 0 aromatic heterocycles. The Hall–Kier alpha value is -1.53. The summed E-state index contributed by atoms with van der Waals surface area (Å²) in [6, 6.07) is 11.3. The molecule has 0 N–H and O–H groups in total. The Kier molecular flexibility index (Phi) is 3.65. The van der Waals surface area contributed by atoms with Gasteiger partial charge in [-0.2, -0.15) is 5.26 Å². The van der Waals surface area contributed by atoms with E-state index in [0.717, 1.165) is 19.6 Å². The van der Waals surface area contributed by atoms with Gasteiger partial charge in [-0.3, -0.25) is 4.90 Å². The van der Waals surface area contributed by atoms with E-state index in [0.29, 0.717) is 12.5 Å². The lowest BCUT2D eigenvalue weighted by Crippen LogP contribution is -2.51. The van der Waals surface area contributed by atoms with Crippen LogP contribution >= 0.6 is 0 Å². The number of anilines is 1. The Bertz CT molecular complexity index is 404. The van der Waals surface area contributed by atoms with Crippen molar-refractivity contribution < 1.29 is 0 Å². The first-order valence-corrected chi connectivity index (χ1v) is 6.09. The number of hydrogen-bond donors (Lipinski definition) is 0. The van der Waals surface area contributed by atoms with Gasteiger partial charge in [-0.25, -0.2) is 0 Å². The summed E-state index contributed by atoms with van der Waals surface area (Å²) in [4.78, 5) is 4.66. The van der Waals surface area contributed by atoms with Crippen LogP contribution < -0.4 is 4.90 Å². The highest BCUT2D eigenvalue weighted by molar-refractivity contribution is 5.48. The van der Waals surface area contributed by atoms with Gasteiger partial charge in [0.15, 0.2) is 0 Å². The quantitative estimate of drug-likeness (QED) is 0.777. The maximum atomic E-state index is 8.83. The third-order valence-corrected chi connectivity index (χ3v) is 3.50. The molecule has 1 heterocycles. The van der Waals surface area contributed by atoms with Crippen LogP contribution in [-0.2, 0) is 0 Å². The molecule has 0 aliphatic carbocycles. The van der Waals surface area contributed by atoms with Crippen molar-refractivity contribution >= 4 is 5.69 Å². The third-order valence-electron chi connectivity index (χ3n) is 3.50. The van der Waals surface area contributed by atoms with Crippen molar-refractivity contribution in [2.45, 2.75) is 19.4 Å². The molecule has 0 bridgehead atoms. The number of piperazine rings is 1. The normalized spacial score (nSPS) is 21.2. The highest BCUT2D eigenvalue weighted by atomic mass is 15.3. The average molecular weight is 229 g/mol. The van der Waals surface area contributed by atoms with E-state index in [1.165, 1.54) is 11.3 Å². The summed E-state index contributed by atoms with van der Waals surface area (Å²) in [5, 5.41) is 8.83. The lowest BCUT2D eigenvalue weighted by molar-refractivity contribution is 0.221. The molecule has 0 radical (unpaired) electrons. The van der Waals surface area contributed by atoms with Gasteiger partial charge in [-0.1, -0.05) is 17.7 Å². The van der Waals surface area contributed by atoms with Crippen LogP contribution in [0.15, 0.2) is 24.3 Å². The molecule has 0 amide bonds. The van der Waals surface area contributed by atoms with Gasteiger partial charge < -0.3 is 4.90 Å². The van der Waals surface area contributed by atoms with Crippen LogP contribution in [0.3, 0.4) is 0 Å². The molecular weight excluding hydrogens is 210 g/mol. The molecule has 1 aromatic carbocycles. The number of aryl methyl sites for hydroxylation is 1. The largest absolute Gasteiger partial charge is 0.369 e. The molecule has 17 heavy (non-hydrogen) atoms. The standard InChI is InChI=1S/C14H19N3/c1-12-3-5-13(6-4-12)17-10-9-16(2)14(11-17)7-8-15/h3-6,14H,7,9-11H2,1-2H3. The third kappa shape index (κ3) is 2.78. The Morgan fingerprint density at radius 3 is 2.65 bits per heavy atom. The van der Waals surface area contributed by atoms with Crippen molar-refractivity contribution in [2.75, 3.05) is 31.6 Å². The van der Waals surface area contributed by atoms with Crippen LogP contribution in [0.4, 0.5) is 5.69 Å². The van der Waals surface area contributed by atoms with Crippen LogP contribution in [0, 0.1) is 18.3 Å². The van der Waals surface area contributed by atoms with E-state index in [1.54, 1.807) is 0 Å². The van der Waals surface area contributed by atoms with Crippen molar-refractivity contribution in [3.8, 4) is 6.07 Å². The average Bonchev–Trinajstić information content (AvgIpc) is 2.33. The fourth-order valence-electron chi connectivity index (χ4n) is 2.26. The Morgan fingerprint density at radius 2 is 2.00 bits per heavy atom. The van der Waals surface area contributed by atoms with Crippen LogP contribution in [0.1, 0.15) is 12.0 Å².